The van der Waals surface area contributed by atoms with Gasteiger partial charge in [0.1, 0.15) is 0 Å². The number of rotatable bonds is 2. The van der Waals surface area contributed by atoms with E-state index in [0.29, 0.717) is 16.7 Å². The van der Waals surface area contributed by atoms with Gasteiger partial charge in [0.2, 0.25) is 0 Å². The Balaban J connectivity index is 3.44. The van der Waals surface area contributed by atoms with Gasteiger partial charge in [-0.3, -0.25) is 0 Å². The first-order chi connectivity index (χ1) is 6.60. The molecule has 0 aliphatic rings. The van der Waals surface area contributed by atoms with E-state index < -0.39 is 5.97 Å². The van der Waals surface area contributed by atoms with Crippen molar-refractivity contribution < 1.29 is 9.90 Å². The standard InChI is InChI=1S/C10H8ClNO2/c1-6-8(5-12)2-7(4-11)3-9(6)10(13)14/h2-3H,4H2,1H3,(H,13,14). The first kappa shape index (κ1) is 10.6. The summed E-state index contributed by atoms with van der Waals surface area (Å²) >= 11 is 5.58. The quantitative estimate of drug-likeness (QED) is 0.761. The molecule has 72 valence electrons. The van der Waals surface area contributed by atoms with Crippen molar-refractivity contribution >= 4 is 17.6 Å². The number of nitrogens with zero attached hydrogens (tertiary/aromatic N) is 1. The second-order valence-corrected chi connectivity index (χ2v) is 3.13. The summed E-state index contributed by atoms with van der Waals surface area (Å²) in [5.74, 6) is -0.833. The van der Waals surface area contributed by atoms with Crippen molar-refractivity contribution in [3.63, 3.8) is 0 Å². The average molecular weight is 210 g/mol. The Hall–Kier alpha value is -1.53. The second kappa shape index (κ2) is 4.12. The predicted molar refractivity (Wildman–Crippen MR) is 52.4 cm³/mol. The number of hydrogen-bond acceptors (Lipinski definition) is 2. The fourth-order valence-corrected chi connectivity index (χ4v) is 1.34. The van der Waals surface area contributed by atoms with Crippen LogP contribution in [-0.4, -0.2) is 11.1 Å². The molecule has 0 bridgehead atoms. The number of carboxylic acids is 1. The molecule has 14 heavy (non-hydrogen) atoms. The highest BCUT2D eigenvalue weighted by atomic mass is 35.5. The van der Waals surface area contributed by atoms with Crippen LogP contribution in [0.4, 0.5) is 0 Å². The van der Waals surface area contributed by atoms with Gasteiger partial charge in [0.05, 0.1) is 17.2 Å². The van der Waals surface area contributed by atoms with Gasteiger partial charge in [-0.05, 0) is 30.2 Å². The molecule has 0 fully saturated rings. The van der Waals surface area contributed by atoms with Crippen molar-refractivity contribution in [2.24, 2.45) is 0 Å². The number of nitriles is 1. The lowest BCUT2D eigenvalue weighted by molar-refractivity contribution is 0.0696. The van der Waals surface area contributed by atoms with Crippen LogP contribution in [-0.2, 0) is 5.88 Å². The van der Waals surface area contributed by atoms with Crippen LogP contribution in [0.5, 0.6) is 0 Å². The third-order valence-electron chi connectivity index (χ3n) is 1.97. The summed E-state index contributed by atoms with van der Waals surface area (Å²) in [7, 11) is 0. The maximum absolute atomic E-state index is 10.8. The van der Waals surface area contributed by atoms with Gasteiger partial charge in [-0.15, -0.1) is 11.6 Å². The molecule has 0 aliphatic heterocycles. The molecule has 1 aromatic carbocycles. The Bertz CT molecular complexity index is 421. The van der Waals surface area contributed by atoms with E-state index in [1.54, 1.807) is 13.0 Å². The number of halogens is 1. The third-order valence-corrected chi connectivity index (χ3v) is 2.28. The van der Waals surface area contributed by atoms with Gasteiger partial charge in [0.25, 0.3) is 0 Å². The average Bonchev–Trinajstić information content (AvgIpc) is 2.17. The van der Waals surface area contributed by atoms with E-state index in [4.69, 9.17) is 22.0 Å². The van der Waals surface area contributed by atoms with Gasteiger partial charge in [-0.1, -0.05) is 0 Å². The van der Waals surface area contributed by atoms with Gasteiger partial charge >= 0.3 is 5.97 Å². The van der Waals surface area contributed by atoms with Crippen LogP contribution in [0.15, 0.2) is 12.1 Å². The van der Waals surface area contributed by atoms with Crippen molar-refractivity contribution in [3.05, 3.63) is 34.4 Å². The van der Waals surface area contributed by atoms with Gasteiger partial charge in [0.15, 0.2) is 0 Å². The normalized spacial score (nSPS) is 9.50. The highest BCUT2D eigenvalue weighted by Crippen LogP contribution is 2.17. The van der Waals surface area contributed by atoms with Gasteiger partial charge in [-0.25, -0.2) is 4.79 Å². The molecule has 0 spiro atoms. The van der Waals surface area contributed by atoms with Crippen LogP contribution in [0, 0.1) is 18.3 Å². The molecule has 0 saturated heterocycles. The lowest BCUT2D eigenvalue weighted by Crippen LogP contribution is -2.03. The first-order valence-electron chi connectivity index (χ1n) is 3.93. The third kappa shape index (κ3) is 1.86. The van der Waals surface area contributed by atoms with Crippen LogP contribution in [0.1, 0.15) is 27.0 Å². The number of benzene rings is 1. The summed E-state index contributed by atoms with van der Waals surface area (Å²) in [5.41, 5.74) is 1.63. The molecule has 0 aromatic heterocycles. The molecule has 0 aliphatic carbocycles. The Kier molecular flexibility index (Phi) is 3.10. The molecule has 0 unspecified atom stereocenters. The number of alkyl halides is 1. The minimum Gasteiger partial charge on any atom is -0.478 e. The number of hydrogen-bond donors (Lipinski definition) is 1. The Morgan fingerprint density at radius 3 is 2.71 bits per heavy atom. The molecule has 3 nitrogen and oxygen atoms in total. The van der Waals surface area contributed by atoms with Crippen LogP contribution >= 0.6 is 11.6 Å². The molecular weight excluding hydrogens is 202 g/mol. The zero-order valence-electron chi connectivity index (χ0n) is 7.54. The Morgan fingerprint density at radius 2 is 2.29 bits per heavy atom. The topological polar surface area (TPSA) is 61.1 Å². The fraction of sp³-hybridized carbons (Fsp3) is 0.200. The SMILES string of the molecule is Cc1c(C#N)cc(CCl)cc1C(=O)O. The number of aromatic carboxylic acids is 1. The molecule has 1 rings (SSSR count). The summed E-state index contributed by atoms with van der Waals surface area (Å²) in [6.45, 7) is 1.61. The molecular formula is C10H8ClNO2. The highest BCUT2D eigenvalue weighted by Gasteiger charge is 2.12. The smallest absolute Gasteiger partial charge is 0.336 e. The summed E-state index contributed by atoms with van der Waals surface area (Å²) in [6.07, 6.45) is 0. The van der Waals surface area contributed by atoms with Crippen LogP contribution < -0.4 is 0 Å². The first-order valence-corrected chi connectivity index (χ1v) is 4.46. The van der Waals surface area contributed by atoms with E-state index in [9.17, 15) is 4.79 Å². The minimum atomic E-state index is -1.04. The van der Waals surface area contributed by atoms with E-state index in [-0.39, 0.29) is 11.4 Å². The van der Waals surface area contributed by atoms with Crippen LogP contribution in [0.25, 0.3) is 0 Å². The van der Waals surface area contributed by atoms with Crippen molar-refractivity contribution in [2.75, 3.05) is 0 Å². The lowest BCUT2D eigenvalue weighted by Gasteiger charge is -2.05. The molecule has 0 radical (unpaired) electrons. The highest BCUT2D eigenvalue weighted by molar-refractivity contribution is 6.17. The molecule has 0 atom stereocenters. The largest absolute Gasteiger partial charge is 0.478 e. The fourth-order valence-electron chi connectivity index (χ4n) is 1.19. The molecule has 1 N–H and O–H groups in total. The number of carboxylic acid groups (broad SMARTS) is 1. The van der Waals surface area contributed by atoms with Crippen LogP contribution in [0.3, 0.4) is 0 Å². The van der Waals surface area contributed by atoms with E-state index in [1.807, 2.05) is 6.07 Å². The van der Waals surface area contributed by atoms with Crippen molar-refractivity contribution in [1.82, 2.24) is 0 Å². The molecule has 0 heterocycles. The maximum Gasteiger partial charge on any atom is 0.336 e. The molecule has 1 aromatic rings. The molecule has 4 heteroatoms. The minimum absolute atomic E-state index is 0.139. The molecule has 0 amide bonds. The summed E-state index contributed by atoms with van der Waals surface area (Å²) in [4.78, 5) is 10.8. The van der Waals surface area contributed by atoms with Gasteiger partial charge < -0.3 is 5.11 Å². The molecule has 0 saturated carbocycles. The number of carbonyl (C=O) groups is 1. The Labute approximate surface area is 86.5 Å². The van der Waals surface area contributed by atoms with E-state index in [1.165, 1.54) is 6.07 Å². The predicted octanol–water partition coefficient (Wildman–Crippen LogP) is 2.30. The zero-order chi connectivity index (χ0) is 10.7. The van der Waals surface area contributed by atoms with Crippen LogP contribution in [0.2, 0.25) is 0 Å². The summed E-state index contributed by atoms with van der Waals surface area (Å²) in [6, 6.07) is 5.04. The lowest BCUT2D eigenvalue weighted by atomic mass is 10.00. The summed E-state index contributed by atoms with van der Waals surface area (Å²) in [5, 5.41) is 17.6. The monoisotopic (exact) mass is 209 g/mol. The van der Waals surface area contributed by atoms with E-state index in [0.717, 1.165) is 0 Å². The second-order valence-electron chi connectivity index (χ2n) is 2.87. The van der Waals surface area contributed by atoms with Gasteiger partial charge in [0, 0.05) is 5.88 Å². The maximum atomic E-state index is 10.8. The van der Waals surface area contributed by atoms with Gasteiger partial charge in [-0.2, -0.15) is 5.26 Å². The van der Waals surface area contributed by atoms with E-state index >= 15 is 0 Å². The van der Waals surface area contributed by atoms with E-state index in [2.05, 4.69) is 0 Å². The summed E-state index contributed by atoms with van der Waals surface area (Å²) < 4.78 is 0. The van der Waals surface area contributed by atoms with Crippen molar-refractivity contribution in [2.45, 2.75) is 12.8 Å². The zero-order valence-corrected chi connectivity index (χ0v) is 8.30. The Morgan fingerprint density at radius 1 is 1.64 bits per heavy atom. The van der Waals surface area contributed by atoms with Crippen molar-refractivity contribution in [1.29, 1.82) is 5.26 Å². The van der Waals surface area contributed by atoms with Crippen molar-refractivity contribution in [3.8, 4) is 6.07 Å².